The average molecular weight is 1170 g/mol. The second kappa shape index (κ2) is 22.8. The van der Waals surface area contributed by atoms with Crippen molar-refractivity contribution < 1.29 is 44.9 Å². The predicted molar refractivity (Wildman–Crippen MR) is 330 cm³/mol. The van der Waals surface area contributed by atoms with E-state index in [1.807, 2.05) is 16.9 Å². The fraction of sp³-hybridized carbons (Fsp3) is 0.530. The molecule has 3 aliphatic carbocycles. The van der Waals surface area contributed by atoms with Gasteiger partial charge in [0.2, 0.25) is 11.2 Å². The lowest BCUT2D eigenvalue weighted by molar-refractivity contribution is -0.0101. The molecule has 81 heavy (non-hydrogen) atoms. The van der Waals surface area contributed by atoms with Crippen LogP contribution < -0.4 is 15.5 Å². The van der Waals surface area contributed by atoms with Crippen LogP contribution in [0.3, 0.4) is 0 Å². The number of nitrogens with one attached hydrogen (secondary N) is 1. The summed E-state index contributed by atoms with van der Waals surface area (Å²) in [6, 6.07) is 18.6. The summed E-state index contributed by atoms with van der Waals surface area (Å²) in [6.45, 7) is 7.35. The fourth-order valence-corrected chi connectivity index (χ4v) is 21.5. The summed E-state index contributed by atoms with van der Waals surface area (Å²) in [5, 5.41) is 91.8. The Kier molecular flexibility index (Phi) is 15.8. The number of hydrogen-bond acceptors (Lipinski definition) is 15. The van der Waals surface area contributed by atoms with E-state index in [0.717, 1.165) is 109 Å². The van der Waals surface area contributed by atoms with Crippen LogP contribution in [0.4, 0.5) is 0 Å². The fourth-order valence-electron chi connectivity index (χ4n) is 15.5. The number of aromatic hydroxyl groups is 3. The number of fused-ring (bicyclic) bond motifs is 12. The summed E-state index contributed by atoms with van der Waals surface area (Å²) in [4.78, 5) is 15.7. The molecule has 15 heteroatoms. The van der Waals surface area contributed by atoms with Crippen molar-refractivity contribution in [2.75, 3.05) is 18.9 Å². The zero-order valence-electron chi connectivity index (χ0n) is 46.7. The van der Waals surface area contributed by atoms with Gasteiger partial charge in [0.15, 0.2) is 5.76 Å². The van der Waals surface area contributed by atoms with E-state index in [2.05, 4.69) is 68.6 Å². The molecule has 7 aliphatic rings. The number of rotatable bonds is 9. The van der Waals surface area contributed by atoms with E-state index in [9.17, 15) is 35.7 Å². The molecule has 2 saturated heterocycles. The van der Waals surface area contributed by atoms with Gasteiger partial charge in [0.25, 0.3) is 0 Å². The molecule has 4 aliphatic heterocycles. The highest BCUT2D eigenvalue weighted by Crippen LogP contribution is 2.62. The standard InChI is InChI=1S/C66H77NO10S4/c1-4-34-25-52-58(67-31-34)38-11-8-10-35(23-38)24-43-47(32-79-80-52)44(27-39(59(43)71)22-33(2)3)63-62(74)61(73)57-51(77-63)30-49(70)55-45-28-42-40(16-20-68)36(15-19-66(75)17-6-5-7-18-66)26-37-13-14-41-56(53(37)42)54(45)46-29-50(76-64(55)57)48(69)12-9-21-78-81-65(41)60(46)72/h8,10-11,13-14,23,27-28,30,33-34,36,40,46,48,50,52,58,60,65,67-72,74-75H,4-7,9,12,15-22,24-26,29,31-32H2,1-3H3/t34-,36-,40-,46-,48+,50-,52+,58-,60-,65+/m1/s1. The van der Waals surface area contributed by atoms with Crippen LogP contribution in [0.25, 0.3) is 44.2 Å². The van der Waals surface area contributed by atoms with Crippen LogP contribution in [-0.2, 0) is 25.0 Å². The second-order valence-electron chi connectivity index (χ2n) is 25.2. The zero-order valence-corrected chi connectivity index (χ0v) is 49.9. The lowest BCUT2D eigenvalue weighted by atomic mass is 9.65. The minimum Gasteiger partial charge on any atom is -0.507 e. The van der Waals surface area contributed by atoms with Crippen LogP contribution in [0, 0.1) is 17.8 Å². The lowest BCUT2D eigenvalue weighted by Crippen LogP contribution is -2.40. The zero-order chi connectivity index (χ0) is 56.0. The van der Waals surface area contributed by atoms with Gasteiger partial charge in [0, 0.05) is 58.9 Å². The molecule has 6 aromatic rings. The first-order chi connectivity index (χ1) is 39.2. The van der Waals surface area contributed by atoms with Crippen molar-refractivity contribution in [3.63, 3.8) is 0 Å². The minimum atomic E-state index is -1.00. The third-order valence-electron chi connectivity index (χ3n) is 19.7. The van der Waals surface area contributed by atoms with E-state index in [4.69, 9.17) is 9.15 Å². The van der Waals surface area contributed by atoms with Crippen molar-refractivity contribution in [1.82, 2.24) is 5.32 Å². The van der Waals surface area contributed by atoms with E-state index in [1.54, 1.807) is 32.4 Å². The van der Waals surface area contributed by atoms with Crippen molar-refractivity contribution in [1.29, 1.82) is 0 Å². The Bertz CT molecular complexity index is 3470. The number of hydrogen-bond donors (Lipinski definition) is 8. The first kappa shape index (κ1) is 56.1. The average Bonchev–Trinajstić information content (AvgIpc) is 3.66. The SMILES string of the molecule is CC[C@H]1CN[C@@H]2c3cccc(c3)Cc3c(O)c(CC(C)C)cc(-c4oc5cc(O)c6c(c5c(=O)c4O)O[C@@H]4C[C@@H]5c7c-6cc6c8c(ccc(c78)[C@H](SSCCC[C@@H]4O)[C@@H]5O)C[C@@H](CCC4(O)CCCCC4)[C@H]6CCO)c3CSS[C@H]2C1. The van der Waals surface area contributed by atoms with Crippen molar-refractivity contribution in [3.8, 4) is 45.4 Å². The van der Waals surface area contributed by atoms with Gasteiger partial charge in [0.1, 0.15) is 34.3 Å². The van der Waals surface area contributed by atoms with Gasteiger partial charge in [0.05, 0.1) is 28.6 Å². The van der Waals surface area contributed by atoms with E-state index in [-0.39, 0.29) is 86.9 Å². The molecule has 13 rings (SSSR count). The smallest absolute Gasteiger partial charge is 0.238 e. The van der Waals surface area contributed by atoms with E-state index in [1.165, 1.54) is 17.2 Å². The maximum Gasteiger partial charge on any atom is 0.238 e. The quantitative estimate of drug-likeness (QED) is 0.0637. The van der Waals surface area contributed by atoms with Gasteiger partial charge >= 0.3 is 0 Å². The summed E-state index contributed by atoms with van der Waals surface area (Å²) in [7, 11) is 6.92. The van der Waals surface area contributed by atoms with Crippen LogP contribution in [0.1, 0.15) is 177 Å². The van der Waals surface area contributed by atoms with Crippen LogP contribution in [-0.4, -0.2) is 83.8 Å². The Morgan fingerprint density at radius 1 is 0.864 bits per heavy atom. The highest BCUT2D eigenvalue weighted by Gasteiger charge is 2.47. The van der Waals surface area contributed by atoms with Crippen LogP contribution in [0.5, 0.6) is 23.0 Å². The molecule has 10 atom stereocenters. The number of phenols is 2. The number of phenolic OH excluding ortho intramolecular Hbond substituents is 2. The van der Waals surface area contributed by atoms with Gasteiger partial charge in [-0.1, -0.05) is 126 Å². The molecule has 0 spiro atoms. The number of aliphatic hydroxyl groups excluding tert-OH is 3. The third-order valence-corrected chi connectivity index (χ3v) is 25.3. The summed E-state index contributed by atoms with van der Waals surface area (Å²) < 4.78 is 14.0. The normalized spacial score (nSPS) is 27.8. The van der Waals surface area contributed by atoms with Gasteiger partial charge in [-0.15, -0.1) is 0 Å². The molecule has 5 bridgehead atoms. The van der Waals surface area contributed by atoms with Crippen molar-refractivity contribution in [3.05, 3.63) is 115 Å². The topological polar surface area (TPSA) is 193 Å². The highest BCUT2D eigenvalue weighted by atomic mass is 33.1. The Morgan fingerprint density at radius 3 is 2.51 bits per heavy atom. The summed E-state index contributed by atoms with van der Waals surface area (Å²) in [6.07, 6.45) is 9.04. The van der Waals surface area contributed by atoms with E-state index >= 15 is 4.79 Å². The van der Waals surface area contributed by atoms with E-state index in [0.29, 0.717) is 72.4 Å². The number of benzene rings is 5. The Labute approximate surface area is 490 Å². The molecular weight excluding hydrogens is 1090 g/mol. The van der Waals surface area contributed by atoms with Gasteiger partial charge in [-0.05, 0) is 174 Å². The Morgan fingerprint density at radius 2 is 1.70 bits per heavy atom. The van der Waals surface area contributed by atoms with E-state index < -0.39 is 41.0 Å². The molecule has 1 saturated carbocycles. The van der Waals surface area contributed by atoms with Crippen LogP contribution >= 0.6 is 43.2 Å². The summed E-state index contributed by atoms with van der Waals surface area (Å²) >= 11 is 0. The summed E-state index contributed by atoms with van der Waals surface area (Å²) in [5.41, 5.74) is 8.30. The molecular formula is C66H77NO10S4. The van der Waals surface area contributed by atoms with Gasteiger partial charge in [-0.25, -0.2) is 0 Å². The largest absolute Gasteiger partial charge is 0.507 e. The summed E-state index contributed by atoms with van der Waals surface area (Å²) in [5.74, 6) is 0.644. The molecule has 430 valence electrons. The second-order valence-corrected chi connectivity index (χ2v) is 30.5. The van der Waals surface area contributed by atoms with Crippen molar-refractivity contribution in [2.24, 2.45) is 17.8 Å². The maximum absolute atomic E-state index is 15.7. The lowest BCUT2D eigenvalue weighted by Gasteiger charge is -2.44. The van der Waals surface area contributed by atoms with Gasteiger partial charge < -0.3 is 50.2 Å². The Balaban J connectivity index is 1.02. The number of ether oxygens (including phenoxy) is 1. The maximum atomic E-state index is 15.7. The molecule has 0 radical (unpaired) electrons. The first-order valence-corrected chi connectivity index (χ1v) is 34.8. The van der Waals surface area contributed by atoms with Crippen molar-refractivity contribution >= 4 is 64.9 Å². The van der Waals surface area contributed by atoms with Crippen molar-refractivity contribution in [2.45, 2.75) is 182 Å². The molecule has 1 aromatic heterocycles. The first-order valence-electron chi connectivity index (χ1n) is 30.0. The van der Waals surface area contributed by atoms with Crippen LogP contribution in [0.15, 0.2) is 63.8 Å². The van der Waals surface area contributed by atoms with Crippen LogP contribution in [0.2, 0.25) is 0 Å². The molecule has 5 heterocycles. The molecule has 0 unspecified atom stereocenters. The third kappa shape index (κ3) is 10.1. The minimum absolute atomic E-state index is 0.00166. The highest BCUT2D eigenvalue weighted by molar-refractivity contribution is 8.77. The van der Waals surface area contributed by atoms with Gasteiger partial charge in [-0.3, -0.25) is 4.79 Å². The Hall–Kier alpha value is -4.03. The predicted octanol–water partition coefficient (Wildman–Crippen LogP) is 13.8. The molecule has 3 fully saturated rings. The molecule has 5 aromatic carbocycles. The van der Waals surface area contributed by atoms with Gasteiger partial charge in [-0.2, -0.15) is 0 Å². The molecule has 0 amide bonds. The number of piperidine rings is 1. The monoisotopic (exact) mass is 1170 g/mol. The molecule has 8 N–H and O–H groups in total. The molecule has 11 nitrogen and oxygen atoms in total. The number of aliphatic hydroxyl groups is 4.